The maximum atomic E-state index is 12.1. The summed E-state index contributed by atoms with van der Waals surface area (Å²) in [6, 6.07) is 3.48. The lowest BCUT2D eigenvalue weighted by atomic mass is 10.1. The van der Waals surface area contributed by atoms with Gasteiger partial charge in [0, 0.05) is 35.8 Å². The number of anilines is 2. The van der Waals surface area contributed by atoms with Gasteiger partial charge in [-0.1, -0.05) is 0 Å². The smallest absolute Gasteiger partial charge is 0.254 e. The summed E-state index contributed by atoms with van der Waals surface area (Å²) in [5.74, 6) is 1.63. The van der Waals surface area contributed by atoms with Crippen LogP contribution in [0.2, 0.25) is 0 Å². The molecule has 8 nitrogen and oxygen atoms in total. The summed E-state index contributed by atoms with van der Waals surface area (Å²) in [7, 11) is 4.62. The van der Waals surface area contributed by atoms with Crippen molar-refractivity contribution in [3.63, 3.8) is 0 Å². The van der Waals surface area contributed by atoms with Crippen molar-refractivity contribution in [1.82, 2.24) is 15.3 Å². The summed E-state index contributed by atoms with van der Waals surface area (Å²) in [4.78, 5) is 20.5. The van der Waals surface area contributed by atoms with Crippen LogP contribution in [0.15, 0.2) is 24.5 Å². The fourth-order valence-corrected chi connectivity index (χ4v) is 2.20. The average Bonchev–Trinajstić information content (AvgIpc) is 2.59. The Balaban J connectivity index is 2.20. The summed E-state index contributed by atoms with van der Waals surface area (Å²) in [6.07, 6.45) is 2.93. The Labute approximate surface area is 152 Å². The van der Waals surface area contributed by atoms with E-state index in [-0.39, 0.29) is 11.4 Å². The lowest BCUT2D eigenvalue weighted by molar-refractivity contribution is 0.0919. The highest BCUT2D eigenvalue weighted by Gasteiger charge is 2.17. The predicted molar refractivity (Wildman–Crippen MR) is 98.6 cm³/mol. The van der Waals surface area contributed by atoms with Gasteiger partial charge in [-0.15, -0.1) is 0 Å². The van der Waals surface area contributed by atoms with Crippen LogP contribution in [0.5, 0.6) is 17.2 Å². The molecule has 2 rings (SSSR count). The normalized spacial score (nSPS) is 10.8. The summed E-state index contributed by atoms with van der Waals surface area (Å²) < 4.78 is 15.9. The molecule has 26 heavy (non-hydrogen) atoms. The van der Waals surface area contributed by atoms with Crippen LogP contribution in [0.1, 0.15) is 31.1 Å². The number of hydrogen-bond donors (Lipinski definition) is 2. The van der Waals surface area contributed by atoms with E-state index < -0.39 is 0 Å². The van der Waals surface area contributed by atoms with Crippen molar-refractivity contribution in [2.75, 3.05) is 26.6 Å². The molecule has 0 aliphatic carbocycles. The van der Waals surface area contributed by atoms with Crippen molar-refractivity contribution >= 4 is 17.5 Å². The minimum absolute atomic E-state index is 0.225. The zero-order valence-corrected chi connectivity index (χ0v) is 15.8. The second-order valence-electron chi connectivity index (χ2n) is 6.54. The number of nitrogens with zero attached hydrogens (tertiary/aromatic N) is 2. The Bertz CT molecular complexity index is 745. The number of benzene rings is 1. The van der Waals surface area contributed by atoms with E-state index in [1.807, 2.05) is 20.8 Å². The van der Waals surface area contributed by atoms with Gasteiger partial charge >= 0.3 is 0 Å². The highest BCUT2D eigenvalue weighted by atomic mass is 16.5. The highest BCUT2D eigenvalue weighted by molar-refractivity contribution is 5.94. The molecule has 0 saturated heterocycles. The topological polar surface area (TPSA) is 94.6 Å². The molecule has 0 aliphatic rings. The molecule has 0 saturated carbocycles. The first-order valence-corrected chi connectivity index (χ1v) is 7.99. The van der Waals surface area contributed by atoms with E-state index in [1.165, 1.54) is 19.5 Å². The number of carbonyl (C=O) groups excluding carboxylic acids is 1. The molecule has 0 atom stereocenters. The van der Waals surface area contributed by atoms with E-state index in [0.29, 0.717) is 34.4 Å². The summed E-state index contributed by atoms with van der Waals surface area (Å²) in [5.41, 5.74) is 0.714. The lowest BCUT2D eigenvalue weighted by Gasteiger charge is -2.20. The summed E-state index contributed by atoms with van der Waals surface area (Å²) >= 11 is 0. The maximum absolute atomic E-state index is 12.1. The molecule has 140 valence electrons. The molecule has 1 aromatic carbocycles. The second-order valence-corrected chi connectivity index (χ2v) is 6.54. The van der Waals surface area contributed by atoms with E-state index in [4.69, 9.17) is 14.2 Å². The van der Waals surface area contributed by atoms with Crippen molar-refractivity contribution in [3.05, 3.63) is 30.1 Å². The molecule has 0 bridgehead atoms. The van der Waals surface area contributed by atoms with E-state index in [1.54, 1.807) is 26.4 Å². The Kier molecular flexibility index (Phi) is 5.86. The number of hydrogen-bond acceptors (Lipinski definition) is 7. The highest BCUT2D eigenvalue weighted by Crippen LogP contribution is 2.40. The molecule has 1 heterocycles. The van der Waals surface area contributed by atoms with Crippen LogP contribution in [0.4, 0.5) is 11.6 Å². The van der Waals surface area contributed by atoms with Gasteiger partial charge in [0.2, 0.25) is 11.7 Å². The lowest BCUT2D eigenvalue weighted by Crippen LogP contribution is -2.40. The maximum Gasteiger partial charge on any atom is 0.254 e. The van der Waals surface area contributed by atoms with Crippen molar-refractivity contribution in [3.8, 4) is 17.2 Å². The van der Waals surface area contributed by atoms with Gasteiger partial charge in [-0.25, -0.2) is 9.97 Å². The minimum Gasteiger partial charge on any atom is -0.493 e. The molecule has 1 aromatic heterocycles. The van der Waals surface area contributed by atoms with Crippen LogP contribution >= 0.6 is 0 Å². The predicted octanol–water partition coefficient (Wildman–Crippen LogP) is 2.77. The van der Waals surface area contributed by atoms with Crippen LogP contribution in [0.3, 0.4) is 0 Å². The molecule has 8 heteroatoms. The van der Waals surface area contributed by atoms with Gasteiger partial charge in [0.25, 0.3) is 5.91 Å². The number of methoxy groups -OCH3 is 3. The number of carbonyl (C=O) groups is 1. The van der Waals surface area contributed by atoms with E-state index in [9.17, 15) is 4.79 Å². The zero-order chi connectivity index (χ0) is 19.3. The van der Waals surface area contributed by atoms with Gasteiger partial charge in [0.1, 0.15) is 0 Å². The Morgan fingerprint density at radius 1 is 0.962 bits per heavy atom. The van der Waals surface area contributed by atoms with Crippen LogP contribution < -0.4 is 24.8 Å². The number of rotatable bonds is 6. The van der Waals surface area contributed by atoms with Crippen molar-refractivity contribution < 1.29 is 19.0 Å². The van der Waals surface area contributed by atoms with Gasteiger partial charge in [0.05, 0.1) is 26.9 Å². The third-order valence-electron chi connectivity index (χ3n) is 3.32. The molecule has 0 aliphatic heterocycles. The fourth-order valence-electron chi connectivity index (χ4n) is 2.20. The molecule has 0 spiro atoms. The molecular weight excluding hydrogens is 336 g/mol. The molecule has 2 aromatic rings. The first-order chi connectivity index (χ1) is 12.3. The van der Waals surface area contributed by atoms with Crippen molar-refractivity contribution in [1.29, 1.82) is 0 Å². The number of aromatic nitrogens is 2. The summed E-state index contributed by atoms with van der Waals surface area (Å²) in [5, 5.41) is 5.91. The average molecular weight is 360 g/mol. The summed E-state index contributed by atoms with van der Waals surface area (Å²) in [6.45, 7) is 5.73. The van der Waals surface area contributed by atoms with Crippen molar-refractivity contribution in [2.45, 2.75) is 26.3 Å². The van der Waals surface area contributed by atoms with Crippen molar-refractivity contribution in [2.24, 2.45) is 0 Å². The second kappa shape index (κ2) is 7.90. The molecule has 0 radical (unpaired) electrons. The quantitative estimate of drug-likeness (QED) is 0.818. The Hall–Kier alpha value is -3.03. The monoisotopic (exact) mass is 360 g/mol. The zero-order valence-electron chi connectivity index (χ0n) is 15.8. The van der Waals surface area contributed by atoms with Crippen LogP contribution in [0, 0.1) is 0 Å². The standard InChI is InChI=1S/C18H24N4O4/c1-18(2,3)22-16(23)11-9-19-17(20-10-11)21-12-7-13(24-4)15(26-6)14(8-12)25-5/h7-10H,1-6H3,(H,22,23)(H,19,20,21). The van der Waals surface area contributed by atoms with Crippen LogP contribution in [-0.2, 0) is 0 Å². The van der Waals surface area contributed by atoms with E-state index >= 15 is 0 Å². The molecule has 1 amide bonds. The minimum atomic E-state index is -0.329. The molecule has 0 unspecified atom stereocenters. The van der Waals surface area contributed by atoms with Gasteiger partial charge in [0.15, 0.2) is 11.5 Å². The van der Waals surface area contributed by atoms with Gasteiger partial charge < -0.3 is 24.8 Å². The van der Waals surface area contributed by atoms with E-state index in [2.05, 4.69) is 20.6 Å². The van der Waals surface area contributed by atoms with Gasteiger partial charge in [-0.05, 0) is 20.8 Å². The molecule has 2 N–H and O–H groups in total. The third-order valence-corrected chi connectivity index (χ3v) is 3.32. The van der Waals surface area contributed by atoms with E-state index in [0.717, 1.165) is 0 Å². The number of ether oxygens (including phenoxy) is 3. The number of amides is 1. The first kappa shape index (κ1) is 19.3. The SMILES string of the molecule is COc1cc(Nc2ncc(C(=O)NC(C)(C)C)cn2)cc(OC)c1OC. The fraction of sp³-hybridized carbons (Fsp3) is 0.389. The van der Waals surface area contributed by atoms with Crippen LogP contribution in [0.25, 0.3) is 0 Å². The number of nitrogens with one attached hydrogen (secondary N) is 2. The Morgan fingerprint density at radius 2 is 1.50 bits per heavy atom. The Morgan fingerprint density at radius 3 is 1.92 bits per heavy atom. The third kappa shape index (κ3) is 4.75. The molecule has 0 fully saturated rings. The van der Waals surface area contributed by atoms with Crippen LogP contribution in [-0.4, -0.2) is 42.7 Å². The molecular formula is C18H24N4O4. The van der Waals surface area contributed by atoms with Gasteiger partial charge in [-0.3, -0.25) is 4.79 Å². The largest absolute Gasteiger partial charge is 0.493 e. The van der Waals surface area contributed by atoms with Gasteiger partial charge in [-0.2, -0.15) is 0 Å². The first-order valence-electron chi connectivity index (χ1n) is 7.99.